The summed E-state index contributed by atoms with van der Waals surface area (Å²) in [6.45, 7) is 0. The number of thioether (sulfide) groups is 1. The second-order valence-electron chi connectivity index (χ2n) is 5.97. The van der Waals surface area contributed by atoms with E-state index < -0.39 is 5.56 Å². The van der Waals surface area contributed by atoms with Crippen molar-refractivity contribution < 1.29 is 14.3 Å². The molecular weight excluding hydrogens is 404 g/mol. The number of aromatic nitrogens is 2. The first-order chi connectivity index (χ1) is 14.5. The molecular formula is C21H18N4O4S. The number of nitrogens with one attached hydrogen (secondary N) is 2. The first-order valence-electron chi connectivity index (χ1n) is 8.80. The molecule has 0 radical (unpaired) electrons. The van der Waals surface area contributed by atoms with Crippen LogP contribution in [0.5, 0.6) is 11.5 Å². The second-order valence-corrected chi connectivity index (χ2v) is 6.94. The number of para-hydroxylation sites is 2. The van der Waals surface area contributed by atoms with E-state index in [0.29, 0.717) is 22.7 Å². The maximum absolute atomic E-state index is 12.3. The van der Waals surface area contributed by atoms with E-state index >= 15 is 0 Å². The zero-order chi connectivity index (χ0) is 21.5. The molecule has 9 heteroatoms. The summed E-state index contributed by atoms with van der Waals surface area (Å²) < 4.78 is 10.3. The minimum Gasteiger partial charge on any atom is -0.497 e. The van der Waals surface area contributed by atoms with Gasteiger partial charge in [-0.1, -0.05) is 23.9 Å². The van der Waals surface area contributed by atoms with Gasteiger partial charge in [0.15, 0.2) is 5.16 Å². The van der Waals surface area contributed by atoms with E-state index in [-0.39, 0.29) is 28.1 Å². The molecule has 0 fully saturated rings. The molecule has 0 unspecified atom stereocenters. The van der Waals surface area contributed by atoms with Crippen LogP contribution in [0.4, 0.5) is 5.69 Å². The van der Waals surface area contributed by atoms with Gasteiger partial charge in [-0.25, -0.2) is 4.98 Å². The fraction of sp³-hybridized carbons (Fsp3) is 0.143. The van der Waals surface area contributed by atoms with Crippen LogP contribution in [-0.2, 0) is 4.79 Å². The molecule has 3 aromatic rings. The summed E-state index contributed by atoms with van der Waals surface area (Å²) in [6.07, 6.45) is 0. The molecule has 152 valence electrons. The Morgan fingerprint density at radius 1 is 1.17 bits per heavy atom. The van der Waals surface area contributed by atoms with Gasteiger partial charge in [0.05, 0.1) is 31.4 Å². The highest BCUT2D eigenvalue weighted by Crippen LogP contribution is 2.25. The smallest absolute Gasteiger partial charge is 0.270 e. The van der Waals surface area contributed by atoms with Crippen molar-refractivity contribution in [3.05, 3.63) is 64.4 Å². The van der Waals surface area contributed by atoms with E-state index in [0.717, 1.165) is 11.8 Å². The van der Waals surface area contributed by atoms with Crippen molar-refractivity contribution in [2.24, 2.45) is 0 Å². The fourth-order valence-corrected chi connectivity index (χ4v) is 3.31. The number of hydrogen-bond donors (Lipinski definition) is 2. The number of rotatable bonds is 7. The van der Waals surface area contributed by atoms with Crippen molar-refractivity contribution in [2.45, 2.75) is 5.16 Å². The number of H-pyrrole nitrogens is 1. The Morgan fingerprint density at radius 2 is 1.90 bits per heavy atom. The molecule has 0 atom stereocenters. The molecule has 0 aliphatic rings. The summed E-state index contributed by atoms with van der Waals surface area (Å²) in [5.74, 6) is 0.907. The molecule has 3 rings (SSSR count). The Hall–Kier alpha value is -3.77. The molecule has 1 aromatic heterocycles. The molecule has 0 bridgehead atoms. The largest absolute Gasteiger partial charge is 0.497 e. The number of ether oxygens (including phenoxy) is 2. The van der Waals surface area contributed by atoms with Crippen LogP contribution in [0.15, 0.2) is 58.5 Å². The Kier molecular flexibility index (Phi) is 6.72. The van der Waals surface area contributed by atoms with Crippen molar-refractivity contribution in [1.82, 2.24) is 9.97 Å². The number of nitriles is 1. The van der Waals surface area contributed by atoms with Gasteiger partial charge in [0, 0.05) is 5.56 Å². The van der Waals surface area contributed by atoms with Crippen LogP contribution in [0.2, 0.25) is 0 Å². The lowest BCUT2D eigenvalue weighted by molar-refractivity contribution is -0.113. The number of amides is 1. The standard InChI is InChI=1S/C21H18N4O4S/c1-28-14-9-7-13(8-10-14)19-15(11-22)20(27)25-21(24-19)30-12-18(26)23-16-5-3-4-6-17(16)29-2/h3-10H,12H2,1-2H3,(H,23,26)(H,24,25,27). The maximum Gasteiger partial charge on any atom is 0.270 e. The van der Waals surface area contributed by atoms with Gasteiger partial charge in [0.25, 0.3) is 5.56 Å². The van der Waals surface area contributed by atoms with Gasteiger partial charge in [-0.3, -0.25) is 9.59 Å². The Bertz CT molecular complexity index is 1150. The summed E-state index contributed by atoms with van der Waals surface area (Å²) in [6, 6.07) is 15.8. The highest BCUT2D eigenvalue weighted by molar-refractivity contribution is 7.99. The van der Waals surface area contributed by atoms with Crippen molar-refractivity contribution in [1.29, 1.82) is 5.26 Å². The second kappa shape index (κ2) is 9.62. The lowest BCUT2D eigenvalue weighted by atomic mass is 10.1. The maximum atomic E-state index is 12.3. The zero-order valence-corrected chi connectivity index (χ0v) is 17.1. The van der Waals surface area contributed by atoms with E-state index in [1.165, 1.54) is 7.11 Å². The highest BCUT2D eigenvalue weighted by atomic mass is 32.2. The molecule has 2 N–H and O–H groups in total. The van der Waals surface area contributed by atoms with Gasteiger partial charge in [-0.05, 0) is 36.4 Å². The Labute approximate surface area is 176 Å². The minimum atomic E-state index is -0.564. The summed E-state index contributed by atoms with van der Waals surface area (Å²) in [5.41, 5.74) is 0.732. The number of carbonyl (C=O) groups excluding carboxylic acids is 1. The normalized spacial score (nSPS) is 10.2. The Balaban J connectivity index is 1.79. The van der Waals surface area contributed by atoms with Crippen LogP contribution >= 0.6 is 11.8 Å². The molecule has 1 amide bonds. The summed E-state index contributed by atoms with van der Waals surface area (Å²) in [5, 5.41) is 12.4. The van der Waals surface area contributed by atoms with Gasteiger partial charge in [0.2, 0.25) is 5.91 Å². The molecule has 1 heterocycles. The third kappa shape index (κ3) is 4.79. The van der Waals surface area contributed by atoms with Crippen molar-refractivity contribution >= 4 is 23.4 Å². The topological polar surface area (TPSA) is 117 Å². The summed E-state index contributed by atoms with van der Waals surface area (Å²) >= 11 is 1.06. The molecule has 2 aromatic carbocycles. The van der Waals surface area contributed by atoms with Crippen molar-refractivity contribution in [3.8, 4) is 28.8 Å². The number of methoxy groups -OCH3 is 2. The van der Waals surface area contributed by atoms with Crippen molar-refractivity contribution in [2.75, 3.05) is 25.3 Å². The van der Waals surface area contributed by atoms with Crippen LogP contribution in [0.3, 0.4) is 0 Å². The molecule has 0 saturated heterocycles. The number of nitrogens with zero attached hydrogens (tertiary/aromatic N) is 2. The predicted molar refractivity (Wildman–Crippen MR) is 114 cm³/mol. The number of hydrogen-bond acceptors (Lipinski definition) is 7. The molecule has 0 aliphatic carbocycles. The predicted octanol–water partition coefficient (Wildman–Crippen LogP) is 3.06. The molecule has 0 saturated carbocycles. The lowest BCUT2D eigenvalue weighted by Crippen LogP contribution is -2.17. The van der Waals surface area contributed by atoms with E-state index in [4.69, 9.17) is 9.47 Å². The van der Waals surface area contributed by atoms with Gasteiger partial charge in [0.1, 0.15) is 23.1 Å². The van der Waals surface area contributed by atoms with Gasteiger partial charge < -0.3 is 19.8 Å². The summed E-state index contributed by atoms with van der Waals surface area (Å²) in [4.78, 5) is 31.6. The zero-order valence-electron chi connectivity index (χ0n) is 16.3. The van der Waals surface area contributed by atoms with Crippen LogP contribution in [0.1, 0.15) is 5.56 Å². The molecule has 30 heavy (non-hydrogen) atoms. The Morgan fingerprint density at radius 3 is 2.57 bits per heavy atom. The number of benzene rings is 2. The monoisotopic (exact) mass is 422 g/mol. The first kappa shape index (κ1) is 21.0. The molecule has 8 nitrogen and oxygen atoms in total. The SMILES string of the molecule is COc1ccc(-c2nc(SCC(=O)Nc3ccccc3OC)[nH]c(=O)c2C#N)cc1. The third-order valence-electron chi connectivity index (χ3n) is 4.09. The average Bonchev–Trinajstić information content (AvgIpc) is 2.77. The van der Waals surface area contributed by atoms with Crippen LogP contribution in [0.25, 0.3) is 11.3 Å². The third-order valence-corrected chi connectivity index (χ3v) is 4.97. The number of aromatic amines is 1. The lowest BCUT2D eigenvalue weighted by Gasteiger charge is -2.10. The van der Waals surface area contributed by atoms with Gasteiger partial charge in [-0.2, -0.15) is 5.26 Å². The molecule has 0 aliphatic heterocycles. The van der Waals surface area contributed by atoms with Gasteiger partial charge in [-0.15, -0.1) is 0 Å². The van der Waals surface area contributed by atoms with E-state index in [1.807, 2.05) is 6.07 Å². The van der Waals surface area contributed by atoms with Crippen LogP contribution in [0, 0.1) is 11.3 Å². The summed E-state index contributed by atoms with van der Waals surface area (Å²) in [7, 11) is 3.07. The number of anilines is 1. The van der Waals surface area contributed by atoms with Crippen LogP contribution in [-0.4, -0.2) is 35.8 Å². The average molecular weight is 422 g/mol. The number of carbonyl (C=O) groups is 1. The van der Waals surface area contributed by atoms with Crippen molar-refractivity contribution in [3.63, 3.8) is 0 Å². The van der Waals surface area contributed by atoms with Crippen LogP contribution < -0.4 is 20.3 Å². The van der Waals surface area contributed by atoms with E-state index in [2.05, 4.69) is 15.3 Å². The highest BCUT2D eigenvalue weighted by Gasteiger charge is 2.15. The molecule has 0 spiro atoms. The minimum absolute atomic E-state index is 0.00887. The fourth-order valence-electron chi connectivity index (χ4n) is 2.65. The van der Waals surface area contributed by atoms with E-state index in [9.17, 15) is 14.9 Å². The van der Waals surface area contributed by atoms with Gasteiger partial charge >= 0.3 is 0 Å². The van der Waals surface area contributed by atoms with E-state index in [1.54, 1.807) is 55.6 Å². The quantitative estimate of drug-likeness (QED) is 0.444. The first-order valence-corrected chi connectivity index (χ1v) is 9.78.